The standard InChI is InChI=1S/C16H31N3O2/c1-4-6-15(17)16(20)19-8-5-7-14(19)11-18-9-12(2)21-13(3)10-18/h12-15H,4-11,17H2,1-3H3/t12-,13-,14+,15-/m0/s1. The molecule has 0 aliphatic carbocycles. The average Bonchev–Trinajstić information content (AvgIpc) is 2.85. The van der Waals surface area contributed by atoms with E-state index in [1.165, 1.54) is 0 Å². The minimum atomic E-state index is -0.321. The van der Waals surface area contributed by atoms with Crippen molar-refractivity contribution in [1.29, 1.82) is 0 Å². The largest absolute Gasteiger partial charge is 0.373 e. The molecular formula is C16H31N3O2. The highest BCUT2D eigenvalue weighted by molar-refractivity contribution is 5.82. The van der Waals surface area contributed by atoms with Gasteiger partial charge in [0.25, 0.3) is 0 Å². The summed E-state index contributed by atoms with van der Waals surface area (Å²) in [6.07, 6.45) is 4.51. The summed E-state index contributed by atoms with van der Waals surface area (Å²) in [5, 5.41) is 0. The normalized spacial score (nSPS) is 32.4. The molecule has 2 N–H and O–H groups in total. The number of morpholine rings is 1. The fourth-order valence-corrected chi connectivity index (χ4v) is 3.69. The van der Waals surface area contributed by atoms with E-state index in [0.717, 1.165) is 51.9 Å². The molecule has 0 spiro atoms. The number of amides is 1. The molecule has 1 amide bonds. The first kappa shape index (κ1) is 16.7. The number of nitrogens with two attached hydrogens (primary N) is 1. The molecule has 21 heavy (non-hydrogen) atoms. The zero-order chi connectivity index (χ0) is 15.4. The quantitative estimate of drug-likeness (QED) is 0.829. The monoisotopic (exact) mass is 297 g/mol. The molecule has 5 heteroatoms. The number of nitrogens with zero attached hydrogens (tertiary/aromatic N) is 2. The van der Waals surface area contributed by atoms with Crippen molar-refractivity contribution in [2.75, 3.05) is 26.2 Å². The van der Waals surface area contributed by atoms with Gasteiger partial charge in [0, 0.05) is 32.2 Å². The van der Waals surface area contributed by atoms with Gasteiger partial charge in [0.1, 0.15) is 0 Å². The van der Waals surface area contributed by atoms with Crippen LogP contribution in [0.25, 0.3) is 0 Å². The second kappa shape index (κ2) is 7.56. The van der Waals surface area contributed by atoms with E-state index in [-0.39, 0.29) is 24.2 Å². The maximum absolute atomic E-state index is 12.5. The Morgan fingerprint density at radius 2 is 2.00 bits per heavy atom. The highest BCUT2D eigenvalue weighted by Gasteiger charge is 2.33. The van der Waals surface area contributed by atoms with E-state index >= 15 is 0 Å². The van der Waals surface area contributed by atoms with Crippen molar-refractivity contribution in [3.63, 3.8) is 0 Å². The number of carbonyl (C=O) groups is 1. The van der Waals surface area contributed by atoms with Crippen LogP contribution in [0.5, 0.6) is 0 Å². The van der Waals surface area contributed by atoms with Gasteiger partial charge in [-0.25, -0.2) is 0 Å². The number of ether oxygens (including phenoxy) is 1. The van der Waals surface area contributed by atoms with E-state index in [1.54, 1.807) is 0 Å². The SMILES string of the molecule is CCC[C@H](N)C(=O)N1CCC[C@@H]1CN1C[C@H](C)O[C@@H](C)C1. The Balaban J connectivity index is 1.91. The molecule has 0 aromatic carbocycles. The molecule has 5 nitrogen and oxygen atoms in total. The smallest absolute Gasteiger partial charge is 0.239 e. The fourth-order valence-electron chi connectivity index (χ4n) is 3.69. The maximum atomic E-state index is 12.5. The predicted octanol–water partition coefficient (Wildman–Crippen LogP) is 1.21. The van der Waals surface area contributed by atoms with Crippen LogP contribution in [0.15, 0.2) is 0 Å². The van der Waals surface area contributed by atoms with Crippen molar-refractivity contribution in [3.8, 4) is 0 Å². The van der Waals surface area contributed by atoms with E-state index in [0.29, 0.717) is 6.04 Å². The fraction of sp³-hybridized carbons (Fsp3) is 0.938. The molecule has 122 valence electrons. The Bertz CT molecular complexity index is 340. The first-order valence-electron chi connectivity index (χ1n) is 8.45. The van der Waals surface area contributed by atoms with E-state index in [2.05, 4.69) is 25.7 Å². The molecular weight excluding hydrogens is 266 g/mol. The van der Waals surface area contributed by atoms with E-state index in [9.17, 15) is 4.79 Å². The van der Waals surface area contributed by atoms with Gasteiger partial charge in [0.2, 0.25) is 5.91 Å². The Morgan fingerprint density at radius 1 is 1.33 bits per heavy atom. The maximum Gasteiger partial charge on any atom is 0.239 e. The van der Waals surface area contributed by atoms with Gasteiger partial charge >= 0.3 is 0 Å². The van der Waals surface area contributed by atoms with Crippen LogP contribution < -0.4 is 5.73 Å². The Morgan fingerprint density at radius 3 is 2.62 bits per heavy atom. The lowest BCUT2D eigenvalue weighted by Gasteiger charge is -2.38. The average molecular weight is 297 g/mol. The van der Waals surface area contributed by atoms with Crippen LogP contribution in [0.3, 0.4) is 0 Å². The number of hydrogen-bond acceptors (Lipinski definition) is 4. The second-order valence-electron chi connectivity index (χ2n) is 6.70. The summed E-state index contributed by atoms with van der Waals surface area (Å²) in [5.74, 6) is 0.147. The molecule has 2 aliphatic rings. The lowest BCUT2D eigenvalue weighted by atomic mass is 10.1. The van der Waals surface area contributed by atoms with Crippen LogP contribution in [0, 0.1) is 0 Å². The molecule has 0 bridgehead atoms. The molecule has 2 saturated heterocycles. The predicted molar refractivity (Wildman–Crippen MR) is 84.1 cm³/mol. The summed E-state index contributed by atoms with van der Waals surface area (Å²) in [4.78, 5) is 17.0. The van der Waals surface area contributed by atoms with E-state index in [4.69, 9.17) is 10.5 Å². The molecule has 0 aromatic heterocycles. The zero-order valence-electron chi connectivity index (χ0n) is 13.8. The van der Waals surface area contributed by atoms with Gasteiger partial charge in [0.05, 0.1) is 18.2 Å². The Kier molecular flexibility index (Phi) is 6.02. The van der Waals surface area contributed by atoms with Crippen molar-refractivity contribution in [2.24, 2.45) is 5.73 Å². The zero-order valence-corrected chi connectivity index (χ0v) is 13.8. The van der Waals surface area contributed by atoms with Gasteiger partial charge in [-0.05, 0) is 33.1 Å². The highest BCUT2D eigenvalue weighted by atomic mass is 16.5. The third-order valence-electron chi connectivity index (χ3n) is 4.54. The van der Waals surface area contributed by atoms with Gasteiger partial charge in [0.15, 0.2) is 0 Å². The molecule has 2 fully saturated rings. The highest BCUT2D eigenvalue weighted by Crippen LogP contribution is 2.21. The van der Waals surface area contributed by atoms with Crippen molar-refractivity contribution in [2.45, 2.75) is 70.7 Å². The first-order valence-corrected chi connectivity index (χ1v) is 8.45. The van der Waals surface area contributed by atoms with Gasteiger partial charge in [-0.1, -0.05) is 13.3 Å². The summed E-state index contributed by atoms with van der Waals surface area (Å²) in [6.45, 7) is 10.1. The summed E-state index contributed by atoms with van der Waals surface area (Å²) >= 11 is 0. The minimum Gasteiger partial charge on any atom is -0.373 e. The Hall–Kier alpha value is -0.650. The molecule has 2 rings (SSSR count). The third kappa shape index (κ3) is 4.41. The van der Waals surface area contributed by atoms with Gasteiger partial charge in [-0.15, -0.1) is 0 Å². The van der Waals surface area contributed by atoms with Crippen LogP contribution in [0.2, 0.25) is 0 Å². The molecule has 0 unspecified atom stereocenters. The van der Waals surface area contributed by atoms with Crippen LogP contribution >= 0.6 is 0 Å². The van der Waals surface area contributed by atoms with Crippen LogP contribution in [0.4, 0.5) is 0 Å². The number of likely N-dealkylation sites (tertiary alicyclic amines) is 1. The second-order valence-corrected chi connectivity index (χ2v) is 6.70. The van der Waals surface area contributed by atoms with Crippen molar-refractivity contribution < 1.29 is 9.53 Å². The lowest BCUT2D eigenvalue weighted by molar-refractivity contribution is -0.134. The lowest BCUT2D eigenvalue weighted by Crippen LogP contribution is -2.53. The number of hydrogen-bond donors (Lipinski definition) is 1. The van der Waals surface area contributed by atoms with Crippen molar-refractivity contribution >= 4 is 5.91 Å². The molecule has 2 heterocycles. The molecule has 0 radical (unpaired) electrons. The van der Waals surface area contributed by atoms with E-state index in [1.807, 2.05) is 4.90 Å². The first-order chi connectivity index (χ1) is 10.0. The summed E-state index contributed by atoms with van der Waals surface area (Å²) in [6, 6.07) is 0.0102. The number of carbonyl (C=O) groups excluding carboxylic acids is 1. The van der Waals surface area contributed by atoms with Crippen LogP contribution in [-0.2, 0) is 9.53 Å². The summed E-state index contributed by atoms with van der Waals surface area (Å²) < 4.78 is 5.78. The van der Waals surface area contributed by atoms with Gasteiger partial charge in [-0.2, -0.15) is 0 Å². The molecule has 0 aromatic rings. The van der Waals surface area contributed by atoms with Crippen LogP contribution in [0.1, 0.15) is 46.5 Å². The third-order valence-corrected chi connectivity index (χ3v) is 4.54. The molecule has 4 atom stereocenters. The number of rotatable bonds is 5. The summed E-state index contributed by atoms with van der Waals surface area (Å²) in [7, 11) is 0. The van der Waals surface area contributed by atoms with Gasteiger partial charge in [-0.3, -0.25) is 9.69 Å². The van der Waals surface area contributed by atoms with Crippen LogP contribution in [-0.4, -0.2) is 66.2 Å². The minimum absolute atomic E-state index is 0.147. The van der Waals surface area contributed by atoms with Crippen molar-refractivity contribution in [1.82, 2.24) is 9.80 Å². The topological polar surface area (TPSA) is 58.8 Å². The van der Waals surface area contributed by atoms with E-state index < -0.39 is 0 Å². The van der Waals surface area contributed by atoms with Gasteiger partial charge < -0.3 is 15.4 Å². The molecule has 0 saturated carbocycles. The summed E-state index contributed by atoms with van der Waals surface area (Å²) in [5.41, 5.74) is 6.02. The molecule has 2 aliphatic heterocycles. The van der Waals surface area contributed by atoms with Crippen molar-refractivity contribution in [3.05, 3.63) is 0 Å². The Labute approximate surface area is 128 Å².